The lowest BCUT2D eigenvalue weighted by Gasteiger charge is -2.11. The maximum absolute atomic E-state index is 12.4. The molecular weight excluding hydrogens is 392 g/mol. The summed E-state index contributed by atoms with van der Waals surface area (Å²) >= 11 is 0. The number of sulfonamides is 1. The molecule has 0 fully saturated rings. The lowest BCUT2D eigenvalue weighted by atomic mass is 10.1. The molecule has 2 aromatic heterocycles. The Kier molecular flexibility index (Phi) is 6.26. The van der Waals surface area contributed by atoms with E-state index in [9.17, 15) is 8.42 Å². The minimum Gasteiger partial charge on any atom is -0.395 e. The average Bonchev–Trinajstić information content (AvgIpc) is 3.00. The van der Waals surface area contributed by atoms with Gasteiger partial charge in [0.25, 0.3) is 0 Å². The summed E-state index contributed by atoms with van der Waals surface area (Å²) in [7, 11) is -3.69. The fourth-order valence-corrected chi connectivity index (χ4v) is 4.08. The van der Waals surface area contributed by atoms with Gasteiger partial charge in [-0.3, -0.25) is 5.10 Å². The van der Waals surface area contributed by atoms with Crippen LogP contribution < -0.4 is 10.0 Å². The minimum atomic E-state index is -3.69. The lowest BCUT2D eigenvalue weighted by molar-refractivity contribution is 0.301. The Bertz CT molecular complexity index is 1110. The second-order valence-corrected chi connectivity index (χ2v) is 8.44. The van der Waals surface area contributed by atoms with Crippen LogP contribution in [0.2, 0.25) is 0 Å². The number of aliphatic hydroxyl groups excluding tert-OH is 1. The zero-order chi connectivity index (χ0) is 21.0. The zero-order valence-corrected chi connectivity index (χ0v) is 17.3. The summed E-state index contributed by atoms with van der Waals surface area (Å²) in [5, 5.41) is 19.2. The van der Waals surface area contributed by atoms with Gasteiger partial charge in [0.05, 0.1) is 11.5 Å². The van der Waals surface area contributed by atoms with E-state index in [-0.39, 0.29) is 18.0 Å². The molecule has 1 aromatic carbocycles. The highest BCUT2D eigenvalue weighted by Gasteiger charge is 2.17. The molecule has 0 amide bonds. The van der Waals surface area contributed by atoms with Crippen LogP contribution in [-0.2, 0) is 16.4 Å². The molecule has 2 heterocycles. The van der Waals surface area contributed by atoms with Gasteiger partial charge in [-0.05, 0) is 44.0 Å². The highest BCUT2D eigenvalue weighted by atomic mass is 32.2. The van der Waals surface area contributed by atoms with Gasteiger partial charge < -0.3 is 10.4 Å². The topological polar surface area (TPSA) is 133 Å². The van der Waals surface area contributed by atoms with Gasteiger partial charge in [-0.1, -0.05) is 12.1 Å². The Morgan fingerprint density at radius 3 is 2.66 bits per heavy atom. The first-order chi connectivity index (χ1) is 13.8. The molecule has 0 bridgehead atoms. The number of hydrogen-bond donors (Lipinski definition) is 4. The Morgan fingerprint density at radius 1 is 1.17 bits per heavy atom. The summed E-state index contributed by atoms with van der Waals surface area (Å²) in [5.74, 6) is 1.86. The molecule has 0 atom stereocenters. The van der Waals surface area contributed by atoms with Crippen LogP contribution in [0.1, 0.15) is 28.2 Å². The highest BCUT2D eigenvalue weighted by Crippen LogP contribution is 2.20. The van der Waals surface area contributed by atoms with Crippen LogP contribution in [0.3, 0.4) is 0 Å². The van der Waals surface area contributed by atoms with Gasteiger partial charge in [0.15, 0.2) is 5.82 Å². The normalized spacial score (nSPS) is 11.6. The second kappa shape index (κ2) is 8.68. The first-order valence-electron chi connectivity index (χ1n) is 9.10. The van der Waals surface area contributed by atoms with Gasteiger partial charge in [-0.25, -0.2) is 23.1 Å². The number of H-pyrrole nitrogens is 1. The Balaban J connectivity index is 1.82. The molecule has 0 saturated heterocycles. The van der Waals surface area contributed by atoms with E-state index in [1.54, 1.807) is 31.3 Å². The summed E-state index contributed by atoms with van der Waals surface area (Å²) in [6.45, 7) is 5.34. The van der Waals surface area contributed by atoms with Crippen molar-refractivity contribution in [2.75, 3.05) is 18.5 Å². The fraction of sp³-hybridized carbons (Fsp3) is 0.316. The van der Waals surface area contributed by atoms with E-state index in [1.807, 2.05) is 19.9 Å². The molecule has 4 N–H and O–H groups in total. The van der Waals surface area contributed by atoms with E-state index in [0.29, 0.717) is 29.4 Å². The molecule has 10 heteroatoms. The SMILES string of the molecule is Cc1ccc(Cc2nccc(Nc3n[nH]c(C)c3C)n2)cc1S(=O)(=O)NCCO. The quantitative estimate of drug-likeness (QED) is 0.439. The van der Waals surface area contributed by atoms with Crippen molar-refractivity contribution in [2.45, 2.75) is 32.1 Å². The lowest BCUT2D eigenvalue weighted by Crippen LogP contribution is -2.27. The molecule has 0 unspecified atom stereocenters. The average molecular weight is 417 g/mol. The third-order valence-electron chi connectivity index (χ3n) is 4.51. The number of nitrogens with one attached hydrogen (secondary N) is 3. The predicted octanol–water partition coefficient (Wildman–Crippen LogP) is 1.73. The monoisotopic (exact) mass is 416 g/mol. The standard InChI is InChI=1S/C19H24N6O3S/c1-12-4-5-15(10-16(12)29(27,28)21-8-9-26)11-18-20-7-6-17(22-18)23-19-13(2)14(3)24-25-19/h4-7,10,21,26H,8-9,11H2,1-3H3,(H2,20,22,23,24,25). The van der Waals surface area contributed by atoms with Crippen LogP contribution in [0.4, 0.5) is 11.6 Å². The smallest absolute Gasteiger partial charge is 0.240 e. The maximum atomic E-state index is 12.4. The van der Waals surface area contributed by atoms with Gasteiger partial charge in [-0.15, -0.1) is 0 Å². The first-order valence-corrected chi connectivity index (χ1v) is 10.6. The summed E-state index contributed by atoms with van der Waals surface area (Å²) in [6, 6.07) is 6.96. The van der Waals surface area contributed by atoms with E-state index in [4.69, 9.17) is 5.11 Å². The van der Waals surface area contributed by atoms with Gasteiger partial charge in [0.1, 0.15) is 11.6 Å². The molecule has 3 rings (SSSR count). The number of aryl methyl sites for hydroxylation is 2. The van der Waals surface area contributed by atoms with Crippen LogP contribution in [0.25, 0.3) is 0 Å². The molecule has 0 aliphatic rings. The number of aromatic amines is 1. The number of hydrogen-bond acceptors (Lipinski definition) is 7. The Morgan fingerprint density at radius 2 is 1.97 bits per heavy atom. The van der Waals surface area contributed by atoms with Crippen molar-refractivity contribution in [2.24, 2.45) is 0 Å². The molecule has 154 valence electrons. The van der Waals surface area contributed by atoms with Crippen molar-refractivity contribution in [3.05, 3.63) is 58.7 Å². The maximum Gasteiger partial charge on any atom is 0.240 e. The van der Waals surface area contributed by atoms with Crippen molar-refractivity contribution in [3.63, 3.8) is 0 Å². The van der Waals surface area contributed by atoms with Crippen LogP contribution in [0.15, 0.2) is 35.4 Å². The van der Waals surface area contributed by atoms with E-state index >= 15 is 0 Å². The Labute approximate surface area is 169 Å². The molecule has 0 spiro atoms. The van der Waals surface area contributed by atoms with E-state index in [2.05, 4.69) is 30.2 Å². The summed E-state index contributed by atoms with van der Waals surface area (Å²) in [5.41, 5.74) is 3.38. The van der Waals surface area contributed by atoms with Gasteiger partial charge in [-0.2, -0.15) is 5.10 Å². The minimum absolute atomic E-state index is 0.0328. The third kappa shape index (κ3) is 4.97. The first kappa shape index (κ1) is 20.9. The molecule has 3 aromatic rings. The molecule has 0 radical (unpaired) electrons. The molecule has 0 saturated carbocycles. The summed E-state index contributed by atoms with van der Waals surface area (Å²) in [6.07, 6.45) is 2.02. The predicted molar refractivity (Wildman–Crippen MR) is 110 cm³/mol. The molecule has 9 nitrogen and oxygen atoms in total. The third-order valence-corrected chi connectivity index (χ3v) is 6.12. The van der Waals surface area contributed by atoms with Crippen LogP contribution in [0, 0.1) is 20.8 Å². The van der Waals surface area contributed by atoms with Gasteiger partial charge >= 0.3 is 0 Å². The fourth-order valence-electron chi connectivity index (χ4n) is 2.77. The van der Waals surface area contributed by atoms with Crippen molar-refractivity contribution in [1.82, 2.24) is 24.9 Å². The van der Waals surface area contributed by atoms with Gasteiger partial charge in [0.2, 0.25) is 10.0 Å². The number of nitrogens with zero attached hydrogens (tertiary/aromatic N) is 3. The van der Waals surface area contributed by atoms with E-state index in [1.165, 1.54) is 0 Å². The van der Waals surface area contributed by atoms with Crippen molar-refractivity contribution in [3.8, 4) is 0 Å². The molecule has 0 aliphatic heterocycles. The van der Waals surface area contributed by atoms with E-state index < -0.39 is 10.0 Å². The van der Waals surface area contributed by atoms with Crippen molar-refractivity contribution < 1.29 is 13.5 Å². The summed E-state index contributed by atoms with van der Waals surface area (Å²) < 4.78 is 27.2. The number of aliphatic hydroxyl groups is 1. The number of aromatic nitrogens is 4. The Hall–Kier alpha value is -2.82. The second-order valence-electron chi connectivity index (χ2n) is 6.70. The largest absolute Gasteiger partial charge is 0.395 e. The number of anilines is 2. The highest BCUT2D eigenvalue weighted by molar-refractivity contribution is 7.89. The van der Waals surface area contributed by atoms with Crippen molar-refractivity contribution >= 4 is 21.7 Å². The van der Waals surface area contributed by atoms with Gasteiger partial charge in [0, 0.05) is 30.4 Å². The molecular formula is C19H24N6O3S. The van der Waals surface area contributed by atoms with E-state index in [0.717, 1.165) is 16.8 Å². The number of benzene rings is 1. The van der Waals surface area contributed by atoms with Crippen LogP contribution in [0.5, 0.6) is 0 Å². The summed E-state index contributed by atoms with van der Waals surface area (Å²) in [4.78, 5) is 8.97. The zero-order valence-electron chi connectivity index (χ0n) is 16.5. The van der Waals surface area contributed by atoms with Crippen molar-refractivity contribution in [1.29, 1.82) is 0 Å². The molecule has 29 heavy (non-hydrogen) atoms. The van der Waals surface area contributed by atoms with Crippen LogP contribution >= 0.6 is 0 Å². The molecule has 0 aliphatic carbocycles. The number of rotatable bonds is 8. The van der Waals surface area contributed by atoms with Crippen LogP contribution in [-0.4, -0.2) is 46.8 Å².